The number of halogens is 1. The largest absolute Gasteiger partial charge is 0.494 e. The van der Waals surface area contributed by atoms with Crippen LogP contribution < -0.4 is 10.5 Å². The lowest BCUT2D eigenvalue weighted by Gasteiger charge is -2.05. The predicted octanol–water partition coefficient (Wildman–Crippen LogP) is 1.98. The Balaban J connectivity index is 2.39. The van der Waals surface area contributed by atoms with Gasteiger partial charge >= 0.3 is 0 Å². The molecule has 2 N–H and O–H groups in total. The molecular formula is C12H11FN2O2S. The fourth-order valence-electron chi connectivity index (χ4n) is 1.49. The van der Waals surface area contributed by atoms with Crippen molar-refractivity contribution in [3.05, 3.63) is 45.7 Å². The summed E-state index contributed by atoms with van der Waals surface area (Å²) < 4.78 is 18.7. The van der Waals surface area contributed by atoms with E-state index in [4.69, 9.17) is 10.5 Å². The maximum Gasteiger partial charge on any atom is 0.215 e. The van der Waals surface area contributed by atoms with Crippen molar-refractivity contribution in [1.29, 1.82) is 0 Å². The standard InChI is InChI=1S/C12H11FN2O2S/c1-17-9-4-2-3-7(11(9)13)12(16)8-6-18-10(5-14)15-8/h2-4,6H,5,14H2,1H3. The topological polar surface area (TPSA) is 65.2 Å². The van der Waals surface area contributed by atoms with Crippen LogP contribution in [0, 0.1) is 5.82 Å². The maximum absolute atomic E-state index is 13.9. The normalized spacial score (nSPS) is 10.4. The molecule has 0 aliphatic heterocycles. The van der Waals surface area contributed by atoms with E-state index in [1.807, 2.05) is 0 Å². The van der Waals surface area contributed by atoms with E-state index >= 15 is 0 Å². The Morgan fingerprint density at radius 3 is 2.94 bits per heavy atom. The van der Waals surface area contributed by atoms with Crippen LogP contribution in [-0.2, 0) is 6.54 Å². The second-order valence-electron chi connectivity index (χ2n) is 3.48. The average Bonchev–Trinajstić information content (AvgIpc) is 2.87. The van der Waals surface area contributed by atoms with E-state index in [2.05, 4.69) is 4.98 Å². The number of nitrogens with zero attached hydrogens (tertiary/aromatic N) is 1. The lowest BCUT2D eigenvalue weighted by atomic mass is 10.1. The van der Waals surface area contributed by atoms with Crippen LogP contribution in [0.15, 0.2) is 23.6 Å². The van der Waals surface area contributed by atoms with Crippen molar-refractivity contribution >= 4 is 17.1 Å². The Morgan fingerprint density at radius 1 is 1.56 bits per heavy atom. The minimum absolute atomic E-state index is 0.0372. The molecule has 0 aliphatic rings. The summed E-state index contributed by atoms with van der Waals surface area (Å²) in [6.07, 6.45) is 0. The van der Waals surface area contributed by atoms with Crippen LogP contribution in [0.1, 0.15) is 21.1 Å². The van der Waals surface area contributed by atoms with Crippen molar-refractivity contribution < 1.29 is 13.9 Å². The van der Waals surface area contributed by atoms with Crippen molar-refractivity contribution in [3.63, 3.8) is 0 Å². The van der Waals surface area contributed by atoms with E-state index in [0.29, 0.717) is 5.01 Å². The van der Waals surface area contributed by atoms with E-state index in [0.717, 1.165) is 0 Å². The zero-order valence-corrected chi connectivity index (χ0v) is 10.5. The third-order valence-electron chi connectivity index (χ3n) is 2.39. The Hall–Kier alpha value is -1.79. The highest BCUT2D eigenvalue weighted by Crippen LogP contribution is 2.22. The Kier molecular flexibility index (Phi) is 3.69. The van der Waals surface area contributed by atoms with Crippen LogP contribution in [0.25, 0.3) is 0 Å². The number of hydrogen-bond donors (Lipinski definition) is 1. The van der Waals surface area contributed by atoms with Gasteiger partial charge in [-0.25, -0.2) is 9.37 Å². The molecule has 1 aromatic carbocycles. The summed E-state index contributed by atoms with van der Waals surface area (Å²) in [5.41, 5.74) is 5.57. The van der Waals surface area contributed by atoms with Crippen LogP contribution >= 0.6 is 11.3 Å². The first-order valence-corrected chi connectivity index (χ1v) is 6.07. The number of rotatable bonds is 4. The molecule has 0 bridgehead atoms. The molecule has 1 heterocycles. The summed E-state index contributed by atoms with van der Waals surface area (Å²) in [7, 11) is 1.35. The lowest BCUT2D eigenvalue weighted by molar-refractivity contribution is 0.103. The molecule has 4 nitrogen and oxygen atoms in total. The van der Waals surface area contributed by atoms with E-state index in [9.17, 15) is 9.18 Å². The summed E-state index contributed by atoms with van der Waals surface area (Å²) in [6, 6.07) is 4.42. The first kappa shape index (κ1) is 12.7. The molecule has 94 valence electrons. The van der Waals surface area contributed by atoms with Gasteiger partial charge in [-0.3, -0.25) is 4.79 Å². The zero-order valence-electron chi connectivity index (χ0n) is 9.64. The number of ether oxygens (including phenoxy) is 1. The molecule has 1 aromatic heterocycles. The zero-order chi connectivity index (χ0) is 13.1. The van der Waals surface area contributed by atoms with E-state index in [1.54, 1.807) is 11.4 Å². The van der Waals surface area contributed by atoms with Crippen LogP contribution in [-0.4, -0.2) is 17.9 Å². The molecule has 6 heteroatoms. The molecule has 18 heavy (non-hydrogen) atoms. The van der Waals surface area contributed by atoms with Crippen molar-refractivity contribution in [2.45, 2.75) is 6.54 Å². The molecule has 0 aliphatic carbocycles. The number of carbonyl (C=O) groups is 1. The Morgan fingerprint density at radius 2 is 2.33 bits per heavy atom. The molecule has 0 radical (unpaired) electrons. The summed E-state index contributed by atoms with van der Waals surface area (Å²) in [4.78, 5) is 16.1. The second-order valence-corrected chi connectivity index (χ2v) is 4.42. The molecule has 0 unspecified atom stereocenters. The number of ketones is 1. The summed E-state index contributed by atoms with van der Waals surface area (Å²) in [6.45, 7) is 0.262. The smallest absolute Gasteiger partial charge is 0.215 e. The fourth-order valence-corrected chi connectivity index (χ4v) is 2.15. The molecule has 0 saturated carbocycles. The van der Waals surface area contributed by atoms with Gasteiger partial charge in [-0.1, -0.05) is 6.07 Å². The van der Waals surface area contributed by atoms with Gasteiger partial charge < -0.3 is 10.5 Å². The van der Waals surface area contributed by atoms with Gasteiger partial charge in [0.15, 0.2) is 11.6 Å². The van der Waals surface area contributed by atoms with E-state index in [-0.39, 0.29) is 23.6 Å². The van der Waals surface area contributed by atoms with Gasteiger partial charge in [-0.2, -0.15) is 0 Å². The monoisotopic (exact) mass is 266 g/mol. The van der Waals surface area contributed by atoms with Crippen LogP contribution in [0.2, 0.25) is 0 Å². The predicted molar refractivity (Wildman–Crippen MR) is 66.4 cm³/mol. The fraction of sp³-hybridized carbons (Fsp3) is 0.167. The number of aromatic nitrogens is 1. The quantitative estimate of drug-likeness (QED) is 0.859. The number of benzene rings is 1. The van der Waals surface area contributed by atoms with Crippen molar-refractivity contribution in [3.8, 4) is 5.75 Å². The SMILES string of the molecule is COc1cccc(C(=O)c2csc(CN)n2)c1F. The summed E-state index contributed by atoms with van der Waals surface area (Å²) >= 11 is 1.28. The van der Waals surface area contributed by atoms with Crippen molar-refractivity contribution in [2.24, 2.45) is 5.73 Å². The van der Waals surface area contributed by atoms with Crippen molar-refractivity contribution in [2.75, 3.05) is 7.11 Å². The molecule has 2 rings (SSSR count). The van der Waals surface area contributed by atoms with Crippen LogP contribution in [0.4, 0.5) is 4.39 Å². The molecular weight excluding hydrogens is 255 g/mol. The van der Waals surface area contributed by atoms with Crippen molar-refractivity contribution in [1.82, 2.24) is 4.98 Å². The van der Waals surface area contributed by atoms with Gasteiger partial charge in [0.1, 0.15) is 10.7 Å². The molecule has 0 fully saturated rings. The molecule has 0 amide bonds. The number of carbonyl (C=O) groups excluding carboxylic acids is 1. The molecule has 0 spiro atoms. The summed E-state index contributed by atoms with van der Waals surface area (Å²) in [5.74, 6) is -1.11. The Bertz CT molecular complexity index is 583. The minimum Gasteiger partial charge on any atom is -0.494 e. The van der Waals surface area contributed by atoms with Gasteiger partial charge in [-0.05, 0) is 12.1 Å². The van der Waals surface area contributed by atoms with Crippen LogP contribution in [0.3, 0.4) is 0 Å². The summed E-state index contributed by atoms with van der Waals surface area (Å²) in [5, 5.41) is 2.21. The first-order valence-electron chi connectivity index (χ1n) is 5.19. The van der Waals surface area contributed by atoms with E-state index in [1.165, 1.54) is 30.6 Å². The van der Waals surface area contributed by atoms with Gasteiger partial charge in [-0.15, -0.1) is 11.3 Å². The number of nitrogens with two attached hydrogens (primary N) is 1. The van der Waals surface area contributed by atoms with Gasteiger partial charge in [0, 0.05) is 11.9 Å². The number of methoxy groups -OCH3 is 1. The second kappa shape index (κ2) is 5.24. The maximum atomic E-state index is 13.9. The highest BCUT2D eigenvalue weighted by molar-refractivity contribution is 7.09. The van der Waals surface area contributed by atoms with Gasteiger partial charge in [0.25, 0.3) is 0 Å². The minimum atomic E-state index is -0.674. The third kappa shape index (κ3) is 2.25. The highest BCUT2D eigenvalue weighted by atomic mass is 32.1. The molecule has 2 aromatic rings. The van der Waals surface area contributed by atoms with E-state index < -0.39 is 11.6 Å². The molecule has 0 saturated heterocycles. The number of thiazole rings is 1. The average molecular weight is 266 g/mol. The Labute approximate surface area is 107 Å². The van der Waals surface area contributed by atoms with Gasteiger partial charge in [0.2, 0.25) is 5.78 Å². The lowest BCUT2D eigenvalue weighted by Crippen LogP contribution is -2.06. The third-order valence-corrected chi connectivity index (χ3v) is 3.26. The van der Waals surface area contributed by atoms with Crippen LogP contribution in [0.5, 0.6) is 5.75 Å². The van der Waals surface area contributed by atoms with Gasteiger partial charge in [0.05, 0.1) is 12.7 Å². The highest BCUT2D eigenvalue weighted by Gasteiger charge is 2.19. The molecule has 0 atom stereocenters. The first-order chi connectivity index (χ1) is 8.67. The number of hydrogen-bond acceptors (Lipinski definition) is 5.